The van der Waals surface area contributed by atoms with Crippen molar-refractivity contribution in [1.82, 2.24) is 4.98 Å². The highest BCUT2D eigenvalue weighted by atomic mass is 16.3. The number of benzene rings is 1. The van der Waals surface area contributed by atoms with E-state index < -0.39 is 0 Å². The number of nitrogens with two attached hydrogens (primary N) is 1. The van der Waals surface area contributed by atoms with Crippen LogP contribution in [0.15, 0.2) is 22.6 Å². The zero-order valence-corrected chi connectivity index (χ0v) is 10.9. The van der Waals surface area contributed by atoms with Gasteiger partial charge in [-0.1, -0.05) is 6.07 Å². The first-order chi connectivity index (χ1) is 8.76. The molecule has 0 saturated heterocycles. The van der Waals surface area contributed by atoms with E-state index in [-0.39, 0.29) is 0 Å². The molecule has 1 saturated carbocycles. The first kappa shape index (κ1) is 11.7. The summed E-state index contributed by atoms with van der Waals surface area (Å²) < 4.78 is 5.91. The minimum Gasteiger partial charge on any atom is -0.440 e. The highest BCUT2D eigenvalue weighted by Gasteiger charge is 2.25. The second-order valence-corrected chi connectivity index (χ2v) is 5.48. The summed E-state index contributed by atoms with van der Waals surface area (Å²) in [6.07, 6.45) is 4.74. The second-order valence-electron chi connectivity index (χ2n) is 5.48. The normalized spacial score (nSPS) is 24.6. The Morgan fingerprint density at radius 2 is 2.06 bits per heavy atom. The van der Waals surface area contributed by atoms with Crippen molar-refractivity contribution in [2.75, 3.05) is 6.54 Å². The Morgan fingerprint density at radius 1 is 1.28 bits per heavy atom. The number of aryl methyl sites for hydroxylation is 1. The largest absolute Gasteiger partial charge is 0.440 e. The Kier molecular flexibility index (Phi) is 3.08. The molecule has 1 aromatic heterocycles. The molecule has 0 aliphatic heterocycles. The molecule has 0 bridgehead atoms. The van der Waals surface area contributed by atoms with Gasteiger partial charge >= 0.3 is 0 Å². The van der Waals surface area contributed by atoms with Crippen molar-refractivity contribution in [1.29, 1.82) is 0 Å². The molecule has 3 rings (SSSR count). The van der Waals surface area contributed by atoms with Gasteiger partial charge in [-0.2, -0.15) is 0 Å². The first-order valence-electron chi connectivity index (χ1n) is 6.83. The number of aromatic nitrogens is 1. The van der Waals surface area contributed by atoms with Gasteiger partial charge in [-0.15, -0.1) is 0 Å². The standard InChI is InChI=1S/C15H20N2O/c1-10-2-7-13-14(8-10)18-15(17-13)12-5-3-11(9-16)4-6-12/h2,7-8,11-12H,3-6,9,16H2,1H3. The SMILES string of the molecule is Cc1ccc2nc(C3CCC(CN)CC3)oc2c1. The Bertz CT molecular complexity index is 538. The summed E-state index contributed by atoms with van der Waals surface area (Å²) >= 11 is 0. The molecular formula is C15H20N2O. The van der Waals surface area contributed by atoms with Crippen molar-refractivity contribution in [3.8, 4) is 0 Å². The number of oxazole rings is 1. The number of fused-ring (bicyclic) bond motifs is 1. The summed E-state index contributed by atoms with van der Waals surface area (Å²) in [6, 6.07) is 6.19. The van der Waals surface area contributed by atoms with E-state index in [4.69, 9.17) is 10.2 Å². The van der Waals surface area contributed by atoms with Crippen LogP contribution < -0.4 is 5.73 Å². The second kappa shape index (κ2) is 4.73. The number of hydrogen-bond acceptors (Lipinski definition) is 3. The molecule has 18 heavy (non-hydrogen) atoms. The van der Waals surface area contributed by atoms with Crippen molar-refractivity contribution >= 4 is 11.1 Å². The molecule has 1 heterocycles. The summed E-state index contributed by atoms with van der Waals surface area (Å²) in [5.74, 6) is 2.11. The van der Waals surface area contributed by atoms with Gasteiger partial charge in [0.15, 0.2) is 11.5 Å². The molecule has 3 nitrogen and oxygen atoms in total. The summed E-state index contributed by atoms with van der Waals surface area (Å²) in [7, 11) is 0. The minimum atomic E-state index is 0.487. The molecule has 0 amide bonds. The van der Waals surface area contributed by atoms with Crippen LogP contribution in [0, 0.1) is 12.8 Å². The third kappa shape index (κ3) is 2.15. The van der Waals surface area contributed by atoms with Crippen molar-refractivity contribution in [3.05, 3.63) is 29.7 Å². The quantitative estimate of drug-likeness (QED) is 0.881. The molecule has 1 aromatic carbocycles. The van der Waals surface area contributed by atoms with E-state index in [1.165, 1.54) is 18.4 Å². The summed E-state index contributed by atoms with van der Waals surface area (Å²) in [6.45, 7) is 2.90. The maximum absolute atomic E-state index is 5.91. The van der Waals surface area contributed by atoms with Crippen molar-refractivity contribution in [3.63, 3.8) is 0 Å². The van der Waals surface area contributed by atoms with Crippen molar-refractivity contribution in [2.45, 2.75) is 38.5 Å². The lowest BCUT2D eigenvalue weighted by atomic mass is 9.82. The van der Waals surface area contributed by atoms with Crippen LogP contribution in [0.1, 0.15) is 43.1 Å². The molecule has 1 aliphatic carbocycles. The molecule has 1 fully saturated rings. The molecular weight excluding hydrogens is 224 g/mol. The van der Waals surface area contributed by atoms with Gasteiger partial charge in [0.05, 0.1) is 0 Å². The zero-order valence-electron chi connectivity index (χ0n) is 10.9. The number of rotatable bonds is 2. The maximum Gasteiger partial charge on any atom is 0.198 e. The van der Waals surface area contributed by atoms with E-state index in [9.17, 15) is 0 Å². The Morgan fingerprint density at radius 3 is 2.78 bits per heavy atom. The first-order valence-corrected chi connectivity index (χ1v) is 6.83. The molecule has 0 spiro atoms. The van der Waals surface area contributed by atoms with Gasteiger partial charge in [-0.25, -0.2) is 4.98 Å². The topological polar surface area (TPSA) is 52.0 Å². The van der Waals surface area contributed by atoms with Crippen LogP contribution in [-0.4, -0.2) is 11.5 Å². The van der Waals surface area contributed by atoms with Crippen LogP contribution in [0.2, 0.25) is 0 Å². The van der Waals surface area contributed by atoms with Crippen molar-refractivity contribution in [2.24, 2.45) is 11.7 Å². The average Bonchev–Trinajstić information content (AvgIpc) is 2.81. The molecule has 0 radical (unpaired) electrons. The minimum absolute atomic E-state index is 0.487. The highest BCUT2D eigenvalue weighted by Crippen LogP contribution is 2.36. The maximum atomic E-state index is 5.91. The van der Waals surface area contributed by atoms with Gasteiger partial charge in [0.1, 0.15) is 5.52 Å². The average molecular weight is 244 g/mol. The Labute approximate surface area is 107 Å². The lowest BCUT2D eigenvalue weighted by Gasteiger charge is -2.25. The molecule has 0 atom stereocenters. The van der Waals surface area contributed by atoms with Gasteiger partial charge in [0.2, 0.25) is 0 Å². The highest BCUT2D eigenvalue weighted by molar-refractivity contribution is 5.73. The van der Waals surface area contributed by atoms with Gasteiger partial charge in [-0.05, 0) is 62.8 Å². The number of nitrogens with zero attached hydrogens (tertiary/aromatic N) is 1. The lowest BCUT2D eigenvalue weighted by molar-refractivity contribution is 0.301. The fraction of sp³-hybridized carbons (Fsp3) is 0.533. The van der Waals surface area contributed by atoms with Crippen LogP contribution >= 0.6 is 0 Å². The predicted octanol–water partition coefficient (Wildman–Crippen LogP) is 3.37. The Hall–Kier alpha value is -1.35. The van der Waals surface area contributed by atoms with Crippen LogP contribution in [0.25, 0.3) is 11.1 Å². The van der Waals surface area contributed by atoms with E-state index in [2.05, 4.69) is 24.0 Å². The van der Waals surface area contributed by atoms with E-state index in [1.807, 2.05) is 6.07 Å². The van der Waals surface area contributed by atoms with E-state index in [1.54, 1.807) is 0 Å². The summed E-state index contributed by atoms with van der Waals surface area (Å²) in [5, 5.41) is 0. The third-order valence-corrected chi connectivity index (χ3v) is 4.09. The molecule has 96 valence electrons. The summed E-state index contributed by atoms with van der Waals surface area (Å²) in [5.41, 5.74) is 8.85. The fourth-order valence-corrected chi connectivity index (χ4v) is 2.87. The molecule has 3 heteroatoms. The van der Waals surface area contributed by atoms with E-state index in [0.29, 0.717) is 11.8 Å². The van der Waals surface area contributed by atoms with Crippen LogP contribution in [0.3, 0.4) is 0 Å². The monoisotopic (exact) mass is 244 g/mol. The third-order valence-electron chi connectivity index (χ3n) is 4.09. The molecule has 1 aliphatic rings. The zero-order chi connectivity index (χ0) is 12.5. The van der Waals surface area contributed by atoms with Crippen LogP contribution in [0.5, 0.6) is 0 Å². The van der Waals surface area contributed by atoms with Crippen molar-refractivity contribution < 1.29 is 4.42 Å². The molecule has 2 N–H and O–H groups in total. The molecule has 0 unspecified atom stereocenters. The van der Waals surface area contributed by atoms with Gasteiger partial charge in [-0.3, -0.25) is 0 Å². The van der Waals surface area contributed by atoms with Gasteiger partial charge in [0, 0.05) is 5.92 Å². The van der Waals surface area contributed by atoms with E-state index >= 15 is 0 Å². The predicted molar refractivity (Wildman–Crippen MR) is 72.5 cm³/mol. The number of hydrogen-bond donors (Lipinski definition) is 1. The lowest BCUT2D eigenvalue weighted by Crippen LogP contribution is -2.20. The smallest absolute Gasteiger partial charge is 0.198 e. The van der Waals surface area contributed by atoms with Gasteiger partial charge in [0.25, 0.3) is 0 Å². The Balaban J connectivity index is 1.82. The van der Waals surface area contributed by atoms with E-state index in [0.717, 1.165) is 36.4 Å². The summed E-state index contributed by atoms with van der Waals surface area (Å²) in [4.78, 5) is 4.63. The fourth-order valence-electron chi connectivity index (χ4n) is 2.87. The van der Waals surface area contributed by atoms with Gasteiger partial charge < -0.3 is 10.2 Å². The van der Waals surface area contributed by atoms with Crippen LogP contribution in [-0.2, 0) is 0 Å². The van der Waals surface area contributed by atoms with Crippen LogP contribution in [0.4, 0.5) is 0 Å². The molecule has 2 aromatic rings.